The van der Waals surface area contributed by atoms with E-state index < -0.39 is 23.6 Å². The van der Waals surface area contributed by atoms with Crippen molar-refractivity contribution >= 4 is 34.8 Å². The molecule has 0 saturated carbocycles. The summed E-state index contributed by atoms with van der Waals surface area (Å²) in [6.45, 7) is 1.47. The smallest absolute Gasteiger partial charge is 0.265 e. The SMILES string of the molecule is CC(Oc1cccc(Cl)c1Cl)C(=O)Nc1ccc(F)cc1F. The Morgan fingerprint density at radius 3 is 2.64 bits per heavy atom. The molecule has 116 valence electrons. The fourth-order valence-electron chi connectivity index (χ4n) is 1.64. The first-order valence-corrected chi connectivity index (χ1v) is 7.00. The lowest BCUT2D eigenvalue weighted by Gasteiger charge is -2.16. The molecule has 1 unspecified atom stereocenters. The summed E-state index contributed by atoms with van der Waals surface area (Å²) in [5.41, 5.74) is -0.140. The lowest BCUT2D eigenvalue weighted by Crippen LogP contribution is -2.30. The molecular weight excluding hydrogens is 335 g/mol. The summed E-state index contributed by atoms with van der Waals surface area (Å²) in [6, 6.07) is 7.59. The van der Waals surface area contributed by atoms with Crippen molar-refractivity contribution in [2.24, 2.45) is 0 Å². The van der Waals surface area contributed by atoms with Crippen LogP contribution >= 0.6 is 23.2 Å². The van der Waals surface area contributed by atoms with Crippen molar-refractivity contribution in [3.63, 3.8) is 0 Å². The third-order valence-electron chi connectivity index (χ3n) is 2.78. The van der Waals surface area contributed by atoms with E-state index in [1.54, 1.807) is 18.2 Å². The van der Waals surface area contributed by atoms with Crippen molar-refractivity contribution in [2.45, 2.75) is 13.0 Å². The van der Waals surface area contributed by atoms with Gasteiger partial charge in [0, 0.05) is 6.07 Å². The van der Waals surface area contributed by atoms with Gasteiger partial charge in [0.1, 0.15) is 22.4 Å². The minimum Gasteiger partial charge on any atom is -0.479 e. The summed E-state index contributed by atoms with van der Waals surface area (Å²) >= 11 is 11.8. The average molecular weight is 346 g/mol. The molecule has 2 aromatic carbocycles. The number of benzene rings is 2. The van der Waals surface area contributed by atoms with Gasteiger partial charge in [-0.2, -0.15) is 0 Å². The van der Waals surface area contributed by atoms with Crippen molar-refractivity contribution in [3.8, 4) is 5.75 Å². The van der Waals surface area contributed by atoms with Crippen LogP contribution in [0.5, 0.6) is 5.75 Å². The Balaban J connectivity index is 2.07. The van der Waals surface area contributed by atoms with E-state index >= 15 is 0 Å². The van der Waals surface area contributed by atoms with Gasteiger partial charge in [0.05, 0.1) is 10.7 Å². The number of carbonyl (C=O) groups excluding carboxylic acids is 1. The molecule has 22 heavy (non-hydrogen) atoms. The van der Waals surface area contributed by atoms with Crippen molar-refractivity contribution < 1.29 is 18.3 Å². The topological polar surface area (TPSA) is 38.3 Å². The Morgan fingerprint density at radius 2 is 1.95 bits per heavy atom. The van der Waals surface area contributed by atoms with Crippen LogP contribution in [0.15, 0.2) is 36.4 Å². The molecule has 0 aromatic heterocycles. The van der Waals surface area contributed by atoms with E-state index in [2.05, 4.69) is 5.32 Å². The second kappa shape index (κ2) is 6.94. The zero-order valence-corrected chi connectivity index (χ0v) is 12.9. The van der Waals surface area contributed by atoms with E-state index in [1.165, 1.54) is 6.92 Å². The number of hydrogen-bond donors (Lipinski definition) is 1. The highest BCUT2D eigenvalue weighted by Gasteiger charge is 2.18. The fourth-order valence-corrected chi connectivity index (χ4v) is 1.98. The molecule has 0 radical (unpaired) electrons. The average Bonchev–Trinajstić information content (AvgIpc) is 2.46. The molecular formula is C15H11Cl2F2NO2. The van der Waals surface area contributed by atoms with Crippen LogP contribution in [0, 0.1) is 11.6 Å². The lowest BCUT2D eigenvalue weighted by atomic mass is 10.2. The second-order valence-electron chi connectivity index (χ2n) is 4.43. The number of amides is 1. The molecule has 0 heterocycles. The van der Waals surface area contributed by atoms with Gasteiger partial charge in [-0.25, -0.2) is 8.78 Å². The van der Waals surface area contributed by atoms with Gasteiger partial charge in [0.25, 0.3) is 5.91 Å². The monoisotopic (exact) mass is 345 g/mol. The fraction of sp³-hybridized carbons (Fsp3) is 0.133. The summed E-state index contributed by atoms with van der Waals surface area (Å²) in [7, 11) is 0. The van der Waals surface area contributed by atoms with Crippen LogP contribution < -0.4 is 10.1 Å². The number of carbonyl (C=O) groups is 1. The third-order valence-corrected chi connectivity index (χ3v) is 3.58. The number of anilines is 1. The molecule has 1 N–H and O–H groups in total. The highest BCUT2D eigenvalue weighted by atomic mass is 35.5. The number of hydrogen-bond acceptors (Lipinski definition) is 2. The first-order chi connectivity index (χ1) is 10.4. The maximum absolute atomic E-state index is 13.5. The molecule has 1 amide bonds. The molecule has 0 saturated heterocycles. The highest BCUT2D eigenvalue weighted by Crippen LogP contribution is 2.32. The third kappa shape index (κ3) is 3.87. The number of nitrogens with one attached hydrogen (secondary N) is 1. The molecule has 3 nitrogen and oxygen atoms in total. The van der Waals surface area contributed by atoms with Crippen LogP contribution in [0.4, 0.5) is 14.5 Å². The molecule has 2 rings (SSSR count). The van der Waals surface area contributed by atoms with E-state index in [4.69, 9.17) is 27.9 Å². The highest BCUT2D eigenvalue weighted by molar-refractivity contribution is 6.42. The molecule has 2 aromatic rings. The van der Waals surface area contributed by atoms with Gasteiger partial charge in [-0.3, -0.25) is 4.79 Å². The van der Waals surface area contributed by atoms with E-state index in [1.807, 2.05) is 0 Å². The van der Waals surface area contributed by atoms with E-state index in [9.17, 15) is 13.6 Å². The summed E-state index contributed by atoms with van der Waals surface area (Å²) in [6.07, 6.45) is -0.958. The molecule has 0 aliphatic rings. The normalized spacial score (nSPS) is 11.9. The summed E-state index contributed by atoms with van der Waals surface area (Å²) < 4.78 is 31.7. The Labute approximate surface area is 135 Å². The van der Waals surface area contributed by atoms with Gasteiger partial charge in [0.15, 0.2) is 6.10 Å². The number of ether oxygens (including phenoxy) is 1. The lowest BCUT2D eigenvalue weighted by molar-refractivity contribution is -0.122. The molecule has 0 bridgehead atoms. The molecule has 0 aliphatic heterocycles. The Bertz CT molecular complexity index is 710. The van der Waals surface area contributed by atoms with E-state index in [0.717, 1.165) is 12.1 Å². The van der Waals surface area contributed by atoms with Crippen molar-refractivity contribution in [1.82, 2.24) is 0 Å². The summed E-state index contributed by atoms with van der Waals surface area (Å²) in [4.78, 5) is 12.0. The first-order valence-electron chi connectivity index (χ1n) is 6.25. The Hall–Kier alpha value is -1.85. The minimum absolute atomic E-state index is 0.140. The quantitative estimate of drug-likeness (QED) is 0.873. The zero-order chi connectivity index (χ0) is 16.3. The van der Waals surface area contributed by atoms with Gasteiger partial charge in [-0.1, -0.05) is 29.3 Å². The predicted molar refractivity (Wildman–Crippen MR) is 81.5 cm³/mol. The van der Waals surface area contributed by atoms with Crippen molar-refractivity contribution in [3.05, 3.63) is 58.1 Å². The van der Waals surface area contributed by atoms with Crippen LogP contribution in [0.2, 0.25) is 10.0 Å². The second-order valence-corrected chi connectivity index (χ2v) is 5.21. The summed E-state index contributed by atoms with van der Waals surface area (Å²) in [5, 5.41) is 2.78. The van der Waals surface area contributed by atoms with E-state index in [0.29, 0.717) is 6.07 Å². The standard InChI is InChI=1S/C15H11Cl2F2NO2/c1-8(22-13-4-2-3-10(16)14(13)17)15(21)20-12-6-5-9(18)7-11(12)19/h2-8H,1H3,(H,20,21). The zero-order valence-electron chi connectivity index (χ0n) is 11.4. The maximum atomic E-state index is 13.5. The van der Waals surface area contributed by atoms with Gasteiger partial charge in [-0.05, 0) is 31.2 Å². The van der Waals surface area contributed by atoms with Crippen LogP contribution in [0.3, 0.4) is 0 Å². The van der Waals surface area contributed by atoms with Gasteiger partial charge in [-0.15, -0.1) is 0 Å². The van der Waals surface area contributed by atoms with Crippen molar-refractivity contribution in [1.29, 1.82) is 0 Å². The van der Waals surface area contributed by atoms with Crippen LogP contribution in [0.1, 0.15) is 6.92 Å². The van der Waals surface area contributed by atoms with Crippen LogP contribution in [-0.2, 0) is 4.79 Å². The van der Waals surface area contributed by atoms with Gasteiger partial charge >= 0.3 is 0 Å². The largest absolute Gasteiger partial charge is 0.479 e. The van der Waals surface area contributed by atoms with Crippen LogP contribution in [0.25, 0.3) is 0 Å². The molecule has 0 fully saturated rings. The first kappa shape index (κ1) is 16.5. The maximum Gasteiger partial charge on any atom is 0.265 e. The Morgan fingerprint density at radius 1 is 1.23 bits per heavy atom. The molecule has 0 spiro atoms. The van der Waals surface area contributed by atoms with Crippen LogP contribution in [-0.4, -0.2) is 12.0 Å². The van der Waals surface area contributed by atoms with Gasteiger partial charge < -0.3 is 10.1 Å². The predicted octanol–water partition coefficient (Wildman–Crippen LogP) is 4.68. The number of rotatable bonds is 4. The van der Waals surface area contributed by atoms with Gasteiger partial charge in [0.2, 0.25) is 0 Å². The van der Waals surface area contributed by atoms with Crippen molar-refractivity contribution in [2.75, 3.05) is 5.32 Å². The molecule has 7 heteroatoms. The molecule has 0 aliphatic carbocycles. The Kier molecular flexibility index (Phi) is 5.21. The molecule has 1 atom stereocenters. The summed E-state index contributed by atoms with van der Waals surface area (Å²) in [5.74, 6) is -1.98. The number of halogens is 4. The minimum atomic E-state index is -0.958. The van der Waals surface area contributed by atoms with E-state index in [-0.39, 0.29) is 21.5 Å².